The van der Waals surface area contributed by atoms with Crippen LogP contribution in [-0.2, 0) is 9.53 Å². The lowest BCUT2D eigenvalue weighted by Crippen LogP contribution is -2.59. The van der Waals surface area contributed by atoms with Gasteiger partial charge in [-0.25, -0.2) is 0 Å². The molecule has 0 atom stereocenters. The highest BCUT2D eigenvalue weighted by Gasteiger charge is 2.45. The van der Waals surface area contributed by atoms with Crippen molar-refractivity contribution in [2.45, 2.75) is 51.6 Å². The van der Waals surface area contributed by atoms with Crippen molar-refractivity contribution in [1.29, 1.82) is 0 Å². The number of nitrogens with one attached hydrogen (secondary N) is 1. The normalized spacial score (nSPS) is 19.7. The van der Waals surface area contributed by atoms with Crippen molar-refractivity contribution < 1.29 is 9.53 Å². The molecular formula is C10H19NO2. The number of carbonyl (C=O) groups is 1. The predicted octanol–water partition coefficient (Wildman–Crippen LogP) is 1.47. The van der Waals surface area contributed by atoms with Gasteiger partial charge in [-0.05, 0) is 40.0 Å². The third-order valence-corrected chi connectivity index (χ3v) is 2.44. The Bertz CT molecular complexity index is 185. The molecule has 3 heteroatoms. The van der Waals surface area contributed by atoms with Gasteiger partial charge in [0.15, 0.2) is 0 Å². The van der Waals surface area contributed by atoms with Crippen molar-refractivity contribution in [2.24, 2.45) is 0 Å². The van der Waals surface area contributed by atoms with Gasteiger partial charge in [0, 0.05) is 6.04 Å². The zero-order chi connectivity index (χ0) is 9.90. The molecule has 3 nitrogen and oxygen atoms in total. The number of esters is 1. The average molecular weight is 185 g/mol. The smallest absolute Gasteiger partial charge is 0.326 e. The summed E-state index contributed by atoms with van der Waals surface area (Å²) in [5, 5.41) is 3.30. The Morgan fingerprint density at radius 2 is 2.15 bits per heavy atom. The third kappa shape index (κ3) is 2.21. The summed E-state index contributed by atoms with van der Waals surface area (Å²) >= 11 is 0. The second-order valence-electron chi connectivity index (χ2n) is 3.96. The molecule has 1 saturated carbocycles. The molecule has 1 aliphatic carbocycles. The van der Waals surface area contributed by atoms with Crippen LogP contribution in [-0.4, -0.2) is 24.2 Å². The minimum Gasteiger partial charge on any atom is -0.465 e. The van der Waals surface area contributed by atoms with Gasteiger partial charge in [-0.3, -0.25) is 10.1 Å². The number of carbonyl (C=O) groups excluding carboxylic acids is 1. The molecule has 0 unspecified atom stereocenters. The van der Waals surface area contributed by atoms with E-state index in [9.17, 15) is 4.79 Å². The Morgan fingerprint density at radius 1 is 1.54 bits per heavy atom. The van der Waals surface area contributed by atoms with E-state index in [0.717, 1.165) is 19.3 Å². The summed E-state index contributed by atoms with van der Waals surface area (Å²) in [4.78, 5) is 11.6. The van der Waals surface area contributed by atoms with Gasteiger partial charge >= 0.3 is 5.97 Å². The first kappa shape index (κ1) is 10.5. The van der Waals surface area contributed by atoms with Crippen molar-refractivity contribution in [3.63, 3.8) is 0 Å². The van der Waals surface area contributed by atoms with Crippen LogP contribution >= 0.6 is 0 Å². The van der Waals surface area contributed by atoms with E-state index in [1.165, 1.54) is 0 Å². The minimum atomic E-state index is -0.357. The Labute approximate surface area is 79.8 Å². The molecular weight excluding hydrogens is 166 g/mol. The van der Waals surface area contributed by atoms with Crippen LogP contribution in [0.25, 0.3) is 0 Å². The van der Waals surface area contributed by atoms with E-state index in [-0.39, 0.29) is 11.5 Å². The molecule has 0 saturated heterocycles. The molecule has 0 radical (unpaired) electrons. The van der Waals surface area contributed by atoms with Crippen LogP contribution in [0.5, 0.6) is 0 Å². The molecule has 0 aliphatic heterocycles. The van der Waals surface area contributed by atoms with E-state index in [2.05, 4.69) is 19.2 Å². The monoisotopic (exact) mass is 185 g/mol. The summed E-state index contributed by atoms with van der Waals surface area (Å²) in [6.07, 6.45) is 2.96. The molecule has 13 heavy (non-hydrogen) atoms. The maximum absolute atomic E-state index is 11.6. The van der Waals surface area contributed by atoms with Gasteiger partial charge in [0.2, 0.25) is 0 Å². The highest BCUT2D eigenvalue weighted by atomic mass is 16.5. The third-order valence-electron chi connectivity index (χ3n) is 2.44. The van der Waals surface area contributed by atoms with Gasteiger partial charge in [-0.15, -0.1) is 0 Å². The van der Waals surface area contributed by atoms with E-state index in [0.29, 0.717) is 12.6 Å². The Kier molecular flexibility index (Phi) is 3.31. The van der Waals surface area contributed by atoms with Gasteiger partial charge in [0.05, 0.1) is 6.61 Å². The number of hydrogen-bond donors (Lipinski definition) is 1. The Morgan fingerprint density at radius 3 is 2.46 bits per heavy atom. The topological polar surface area (TPSA) is 38.3 Å². The van der Waals surface area contributed by atoms with Crippen LogP contribution < -0.4 is 5.32 Å². The van der Waals surface area contributed by atoms with Crippen molar-refractivity contribution in [1.82, 2.24) is 5.32 Å². The maximum Gasteiger partial charge on any atom is 0.326 e. The first-order valence-corrected chi connectivity index (χ1v) is 5.05. The Hall–Kier alpha value is -0.570. The summed E-state index contributed by atoms with van der Waals surface area (Å²) in [6.45, 7) is 6.43. The van der Waals surface area contributed by atoms with Gasteiger partial charge < -0.3 is 4.74 Å². The molecule has 0 amide bonds. The minimum absolute atomic E-state index is 0.0741. The van der Waals surface area contributed by atoms with E-state index in [4.69, 9.17) is 4.74 Å². The van der Waals surface area contributed by atoms with Crippen molar-refractivity contribution in [3.8, 4) is 0 Å². The second kappa shape index (κ2) is 4.09. The van der Waals surface area contributed by atoms with Crippen LogP contribution in [0, 0.1) is 0 Å². The second-order valence-corrected chi connectivity index (χ2v) is 3.96. The molecule has 0 aromatic heterocycles. The number of hydrogen-bond acceptors (Lipinski definition) is 3. The zero-order valence-corrected chi connectivity index (χ0v) is 8.72. The highest BCUT2D eigenvalue weighted by molar-refractivity contribution is 5.82. The van der Waals surface area contributed by atoms with Crippen LogP contribution in [0.3, 0.4) is 0 Å². The van der Waals surface area contributed by atoms with Crippen LogP contribution in [0.4, 0.5) is 0 Å². The molecule has 0 heterocycles. The van der Waals surface area contributed by atoms with Crippen LogP contribution in [0.1, 0.15) is 40.0 Å². The summed E-state index contributed by atoms with van der Waals surface area (Å²) in [7, 11) is 0. The molecule has 1 N–H and O–H groups in total. The standard InChI is InChI=1S/C10H19NO2/c1-4-13-9(12)10(6-5-7-10)11-8(2)3/h8,11H,4-7H2,1-3H3. The Balaban J connectivity index is 2.53. The summed E-state index contributed by atoms with van der Waals surface area (Å²) in [5.41, 5.74) is -0.357. The first-order chi connectivity index (χ1) is 6.10. The van der Waals surface area contributed by atoms with Crippen molar-refractivity contribution in [2.75, 3.05) is 6.61 Å². The first-order valence-electron chi connectivity index (χ1n) is 5.05. The molecule has 1 aliphatic rings. The van der Waals surface area contributed by atoms with Gasteiger partial charge in [0.25, 0.3) is 0 Å². The molecule has 0 spiro atoms. The molecule has 0 aromatic rings. The van der Waals surface area contributed by atoms with Crippen molar-refractivity contribution in [3.05, 3.63) is 0 Å². The fourth-order valence-electron chi connectivity index (χ4n) is 1.76. The van der Waals surface area contributed by atoms with Crippen LogP contribution in [0.2, 0.25) is 0 Å². The lowest BCUT2D eigenvalue weighted by Gasteiger charge is -2.41. The van der Waals surface area contributed by atoms with Gasteiger partial charge in [0.1, 0.15) is 5.54 Å². The molecule has 0 bridgehead atoms. The fourth-order valence-corrected chi connectivity index (χ4v) is 1.76. The summed E-state index contributed by atoms with van der Waals surface area (Å²) in [6, 6.07) is 0.338. The average Bonchev–Trinajstić information content (AvgIpc) is 1.96. The summed E-state index contributed by atoms with van der Waals surface area (Å²) in [5.74, 6) is -0.0741. The predicted molar refractivity (Wildman–Crippen MR) is 51.5 cm³/mol. The molecule has 1 rings (SSSR count). The van der Waals surface area contributed by atoms with E-state index in [1.807, 2.05) is 6.92 Å². The largest absolute Gasteiger partial charge is 0.465 e. The lowest BCUT2D eigenvalue weighted by molar-refractivity contribution is -0.155. The van der Waals surface area contributed by atoms with Gasteiger partial charge in [-0.2, -0.15) is 0 Å². The lowest BCUT2D eigenvalue weighted by atomic mass is 9.76. The van der Waals surface area contributed by atoms with Crippen molar-refractivity contribution >= 4 is 5.97 Å². The van der Waals surface area contributed by atoms with Gasteiger partial charge in [-0.1, -0.05) is 0 Å². The van der Waals surface area contributed by atoms with Crippen LogP contribution in [0.15, 0.2) is 0 Å². The fraction of sp³-hybridized carbons (Fsp3) is 0.900. The van der Waals surface area contributed by atoms with E-state index in [1.54, 1.807) is 0 Å². The SMILES string of the molecule is CCOC(=O)C1(NC(C)C)CCC1. The maximum atomic E-state index is 11.6. The number of rotatable bonds is 4. The zero-order valence-electron chi connectivity index (χ0n) is 8.72. The molecule has 76 valence electrons. The van der Waals surface area contributed by atoms with E-state index >= 15 is 0 Å². The molecule has 0 aromatic carbocycles. The summed E-state index contributed by atoms with van der Waals surface area (Å²) < 4.78 is 5.05. The van der Waals surface area contributed by atoms with E-state index < -0.39 is 0 Å². The molecule has 1 fully saturated rings. The quantitative estimate of drug-likeness (QED) is 0.674. The highest BCUT2D eigenvalue weighted by Crippen LogP contribution is 2.33. The number of ether oxygens (including phenoxy) is 1.